The highest BCUT2D eigenvalue weighted by molar-refractivity contribution is 5.79. The lowest BCUT2D eigenvalue weighted by Crippen LogP contribution is -2.00. The van der Waals surface area contributed by atoms with Crippen LogP contribution in [0.4, 0.5) is 0 Å². The molecular weight excluding hydrogens is 350 g/mol. The van der Waals surface area contributed by atoms with Gasteiger partial charge in [-0.2, -0.15) is 5.10 Å². The zero-order valence-corrected chi connectivity index (χ0v) is 15.3. The summed E-state index contributed by atoms with van der Waals surface area (Å²) in [6.45, 7) is 0. The quantitative estimate of drug-likeness (QED) is 0.481. The zero-order chi connectivity index (χ0) is 18.9. The van der Waals surface area contributed by atoms with E-state index in [1.54, 1.807) is 13.3 Å². The van der Waals surface area contributed by atoms with Gasteiger partial charge in [0.15, 0.2) is 5.65 Å². The van der Waals surface area contributed by atoms with Gasteiger partial charge in [-0.15, -0.1) is 0 Å². The van der Waals surface area contributed by atoms with Gasteiger partial charge in [-0.1, -0.05) is 12.1 Å². The van der Waals surface area contributed by atoms with E-state index < -0.39 is 0 Å². The summed E-state index contributed by atoms with van der Waals surface area (Å²) in [7, 11) is 1.60. The van der Waals surface area contributed by atoms with Crippen molar-refractivity contribution in [1.29, 1.82) is 0 Å². The Morgan fingerprint density at radius 3 is 2.75 bits per heavy atom. The van der Waals surface area contributed by atoms with Gasteiger partial charge in [0, 0.05) is 35.8 Å². The lowest BCUT2D eigenvalue weighted by molar-refractivity contribution is 0.398. The maximum Gasteiger partial charge on any atom is 0.212 e. The van der Waals surface area contributed by atoms with E-state index in [2.05, 4.69) is 39.2 Å². The summed E-state index contributed by atoms with van der Waals surface area (Å²) in [6.07, 6.45) is 6.20. The number of nitrogens with zero attached hydrogens (tertiary/aromatic N) is 5. The van der Waals surface area contributed by atoms with E-state index in [1.165, 1.54) is 5.56 Å². The molecule has 0 aliphatic carbocycles. The number of pyridine rings is 2. The molecule has 4 aromatic heterocycles. The minimum Gasteiger partial charge on any atom is -0.481 e. The largest absolute Gasteiger partial charge is 0.481 e. The fourth-order valence-corrected chi connectivity index (χ4v) is 3.29. The van der Waals surface area contributed by atoms with E-state index in [4.69, 9.17) is 9.84 Å². The van der Waals surface area contributed by atoms with E-state index in [9.17, 15) is 0 Å². The summed E-state index contributed by atoms with van der Waals surface area (Å²) in [6, 6.07) is 18.1. The van der Waals surface area contributed by atoms with Crippen LogP contribution in [0.5, 0.6) is 5.88 Å². The molecule has 0 atom stereocenters. The van der Waals surface area contributed by atoms with Gasteiger partial charge in [0.2, 0.25) is 5.88 Å². The van der Waals surface area contributed by atoms with Crippen molar-refractivity contribution in [2.75, 3.05) is 7.11 Å². The van der Waals surface area contributed by atoms with Crippen LogP contribution < -0.4 is 4.74 Å². The number of fused-ring (bicyclic) bond motifs is 2. The Labute approximate surface area is 161 Å². The number of aromatic nitrogens is 5. The second-order valence-corrected chi connectivity index (χ2v) is 6.53. The van der Waals surface area contributed by atoms with Crippen molar-refractivity contribution in [2.45, 2.75) is 6.42 Å². The molecule has 0 saturated heterocycles. The molecule has 0 fully saturated rings. The average molecular weight is 367 g/mol. The number of imidazole rings is 1. The second kappa shape index (κ2) is 6.74. The summed E-state index contributed by atoms with van der Waals surface area (Å²) in [5, 5.41) is 5.91. The number of methoxy groups -OCH3 is 1. The smallest absolute Gasteiger partial charge is 0.212 e. The third-order valence-corrected chi connectivity index (χ3v) is 4.73. The van der Waals surface area contributed by atoms with Crippen molar-refractivity contribution in [2.24, 2.45) is 0 Å². The van der Waals surface area contributed by atoms with Crippen LogP contribution in [0, 0.1) is 0 Å². The molecule has 6 heteroatoms. The van der Waals surface area contributed by atoms with Gasteiger partial charge >= 0.3 is 0 Å². The molecule has 0 unspecified atom stereocenters. The minimum absolute atomic E-state index is 0.582. The van der Waals surface area contributed by atoms with E-state index in [1.807, 2.05) is 47.2 Å². The van der Waals surface area contributed by atoms with Crippen molar-refractivity contribution >= 4 is 16.6 Å². The second-order valence-electron chi connectivity index (χ2n) is 6.53. The minimum atomic E-state index is 0.582. The van der Waals surface area contributed by atoms with Gasteiger partial charge < -0.3 is 4.74 Å². The molecule has 0 amide bonds. The Kier molecular flexibility index (Phi) is 3.94. The summed E-state index contributed by atoms with van der Waals surface area (Å²) in [5.74, 6) is 0.582. The van der Waals surface area contributed by atoms with Crippen molar-refractivity contribution in [3.8, 4) is 17.1 Å². The van der Waals surface area contributed by atoms with E-state index in [0.717, 1.165) is 39.9 Å². The highest BCUT2D eigenvalue weighted by Crippen LogP contribution is 2.21. The molecule has 5 aromatic rings. The predicted octanol–water partition coefficient (Wildman–Crippen LogP) is 3.94. The lowest BCUT2D eigenvalue weighted by Gasteiger charge is -2.06. The normalized spacial score (nSPS) is 11.2. The molecule has 0 aliphatic rings. The Bertz CT molecular complexity index is 1280. The van der Waals surface area contributed by atoms with E-state index in [0.29, 0.717) is 5.88 Å². The average Bonchev–Trinajstić information content (AvgIpc) is 3.16. The third kappa shape index (κ3) is 2.95. The summed E-state index contributed by atoms with van der Waals surface area (Å²) < 4.78 is 7.02. The summed E-state index contributed by atoms with van der Waals surface area (Å²) >= 11 is 0. The third-order valence-electron chi connectivity index (χ3n) is 4.73. The Morgan fingerprint density at radius 2 is 1.89 bits per heavy atom. The molecule has 6 nitrogen and oxygen atoms in total. The van der Waals surface area contributed by atoms with E-state index in [-0.39, 0.29) is 0 Å². The first-order valence-corrected chi connectivity index (χ1v) is 8.98. The number of rotatable bonds is 4. The molecule has 28 heavy (non-hydrogen) atoms. The zero-order valence-electron chi connectivity index (χ0n) is 15.3. The molecule has 4 heterocycles. The molecule has 0 bridgehead atoms. The number of hydrogen-bond acceptors (Lipinski definition) is 5. The standard InChI is InChI=1S/C22H17N5O/c1-28-22-9-5-17(13-25-22)20-7-8-21-24-14-18(27(21)26-20)12-15-4-6-19-16(11-15)3-2-10-23-19/h2-11,13-14H,12H2,1H3. The maximum atomic E-state index is 5.13. The van der Waals surface area contributed by atoms with Crippen molar-refractivity contribution in [1.82, 2.24) is 24.6 Å². The van der Waals surface area contributed by atoms with Gasteiger partial charge in [-0.3, -0.25) is 4.98 Å². The topological polar surface area (TPSA) is 65.2 Å². The fraction of sp³-hybridized carbons (Fsp3) is 0.0909. The molecule has 0 radical (unpaired) electrons. The van der Waals surface area contributed by atoms with Crippen LogP contribution in [0.2, 0.25) is 0 Å². The molecule has 0 saturated carbocycles. The molecule has 136 valence electrons. The van der Waals surface area contributed by atoms with Crippen molar-refractivity contribution in [3.63, 3.8) is 0 Å². The number of hydrogen-bond donors (Lipinski definition) is 0. The Balaban J connectivity index is 1.51. The molecule has 0 aliphatic heterocycles. The van der Waals surface area contributed by atoms with Gasteiger partial charge in [-0.25, -0.2) is 14.5 Å². The van der Waals surface area contributed by atoms with Crippen molar-refractivity contribution < 1.29 is 4.74 Å². The Hall–Kier alpha value is -3.80. The van der Waals surface area contributed by atoms with Crippen LogP contribution >= 0.6 is 0 Å². The first-order chi connectivity index (χ1) is 13.8. The number of ether oxygens (including phenoxy) is 1. The number of benzene rings is 1. The molecular formula is C22H17N5O. The van der Waals surface area contributed by atoms with Gasteiger partial charge in [0.05, 0.1) is 30.2 Å². The first-order valence-electron chi connectivity index (χ1n) is 8.98. The molecule has 0 spiro atoms. The van der Waals surface area contributed by atoms with Crippen molar-refractivity contribution in [3.05, 3.63) is 84.4 Å². The molecule has 1 aromatic carbocycles. The lowest BCUT2D eigenvalue weighted by atomic mass is 10.1. The fourth-order valence-electron chi connectivity index (χ4n) is 3.29. The summed E-state index contributed by atoms with van der Waals surface area (Å²) in [5.41, 5.74) is 5.81. The van der Waals surface area contributed by atoms with Gasteiger partial charge in [0.1, 0.15) is 0 Å². The monoisotopic (exact) mass is 367 g/mol. The van der Waals surface area contributed by atoms with Crippen LogP contribution in [0.3, 0.4) is 0 Å². The predicted molar refractivity (Wildman–Crippen MR) is 107 cm³/mol. The van der Waals surface area contributed by atoms with E-state index >= 15 is 0 Å². The molecule has 5 rings (SSSR count). The van der Waals surface area contributed by atoms with Crippen LogP contribution in [0.1, 0.15) is 11.3 Å². The molecule has 0 N–H and O–H groups in total. The van der Waals surface area contributed by atoms with Crippen LogP contribution in [-0.4, -0.2) is 31.7 Å². The highest BCUT2D eigenvalue weighted by Gasteiger charge is 2.09. The maximum absolute atomic E-state index is 5.13. The van der Waals surface area contributed by atoms with Gasteiger partial charge in [-0.05, 0) is 42.0 Å². The Morgan fingerprint density at radius 1 is 0.929 bits per heavy atom. The van der Waals surface area contributed by atoms with Gasteiger partial charge in [0.25, 0.3) is 0 Å². The SMILES string of the molecule is COc1ccc(-c2ccc3ncc(Cc4ccc5ncccc5c4)n3n2)cn1. The van der Waals surface area contributed by atoms with Crippen LogP contribution in [0.25, 0.3) is 27.8 Å². The summed E-state index contributed by atoms with van der Waals surface area (Å²) in [4.78, 5) is 13.1. The highest BCUT2D eigenvalue weighted by atomic mass is 16.5. The van der Waals surface area contributed by atoms with Crippen LogP contribution in [-0.2, 0) is 6.42 Å². The first kappa shape index (κ1) is 16.4. The van der Waals surface area contributed by atoms with Crippen LogP contribution in [0.15, 0.2) is 73.2 Å².